The Kier molecular flexibility index (Phi) is 4.14. The van der Waals surface area contributed by atoms with E-state index >= 15 is 0 Å². The van der Waals surface area contributed by atoms with Crippen LogP contribution in [0.25, 0.3) is 0 Å². The Bertz CT molecular complexity index is 440. The lowest BCUT2D eigenvalue weighted by Crippen LogP contribution is -2.48. The predicted octanol–water partition coefficient (Wildman–Crippen LogP) is 2.60. The molecule has 8 heteroatoms. The van der Waals surface area contributed by atoms with Crippen molar-refractivity contribution in [2.45, 2.75) is 37.1 Å². The summed E-state index contributed by atoms with van der Waals surface area (Å²) < 4.78 is 49.9. The zero-order chi connectivity index (χ0) is 14.8. The molecule has 0 radical (unpaired) electrons. The predicted molar refractivity (Wildman–Crippen MR) is 62.5 cm³/mol. The second-order valence-corrected chi connectivity index (χ2v) is 4.77. The molecule has 20 heavy (non-hydrogen) atoms. The smallest absolute Gasteiger partial charge is 0.376 e. The highest BCUT2D eigenvalue weighted by Gasteiger charge is 2.56. The standard InChI is InChI=1S/C12H14F3NO4/c13-12(14,15)11(20-8-10-4-2-6-19-10)5-1-3-9(7-11)16(17)18/h1,3,7,10H,2,4-6,8H2. The molecule has 2 rings (SSSR count). The number of nitrogens with zero attached hydrogens (tertiary/aromatic N) is 1. The number of rotatable bonds is 4. The maximum Gasteiger partial charge on any atom is 0.421 e. The molecular weight excluding hydrogens is 279 g/mol. The molecule has 1 aliphatic carbocycles. The average Bonchev–Trinajstić information content (AvgIpc) is 2.88. The van der Waals surface area contributed by atoms with Crippen molar-refractivity contribution < 1.29 is 27.6 Å². The van der Waals surface area contributed by atoms with Gasteiger partial charge < -0.3 is 9.47 Å². The van der Waals surface area contributed by atoms with E-state index in [9.17, 15) is 23.3 Å². The molecule has 1 heterocycles. The minimum absolute atomic E-state index is 0.227. The molecule has 0 aromatic rings. The van der Waals surface area contributed by atoms with Crippen molar-refractivity contribution in [2.24, 2.45) is 0 Å². The summed E-state index contributed by atoms with van der Waals surface area (Å²) in [4.78, 5) is 9.81. The third-order valence-corrected chi connectivity index (χ3v) is 3.33. The molecule has 0 aromatic heterocycles. The lowest BCUT2D eigenvalue weighted by molar-refractivity contribution is -0.421. The van der Waals surface area contributed by atoms with Crippen molar-refractivity contribution in [3.05, 3.63) is 34.0 Å². The number of nitro groups is 1. The minimum atomic E-state index is -4.72. The highest BCUT2D eigenvalue weighted by Crippen LogP contribution is 2.41. The van der Waals surface area contributed by atoms with Gasteiger partial charge >= 0.3 is 6.18 Å². The molecule has 2 atom stereocenters. The SMILES string of the molecule is O=[N+]([O-])C1=CC(OCC2CCCO2)(C(F)(F)F)CC=C1. The molecule has 2 aliphatic rings. The normalized spacial score (nSPS) is 30.4. The molecule has 1 saturated heterocycles. The molecule has 0 bridgehead atoms. The molecule has 0 saturated carbocycles. The van der Waals surface area contributed by atoms with Crippen LogP contribution in [0.4, 0.5) is 13.2 Å². The van der Waals surface area contributed by atoms with Crippen LogP contribution in [0.2, 0.25) is 0 Å². The maximum atomic E-state index is 13.2. The van der Waals surface area contributed by atoms with Gasteiger partial charge in [0.25, 0.3) is 5.70 Å². The number of alkyl halides is 3. The van der Waals surface area contributed by atoms with Crippen molar-refractivity contribution in [3.63, 3.8) is 0 Å². The van der Waals surface area contributed by atoms with E-state index in [0.29, 0.717) is 19.1 Å². The number of hydrogen-bond donors (Lipinski definition) is 0. The largest absolute Gasteiger partial charge is 0.421 e. The Labute approximate surface area is 113 Å². The number of ether oxygens (including phenoxy) is 2. The van der Waals surface area contributed by atoms with Crippen molar-refractivity contribution in [2.75, 3.05) is 13.2 Å². The number of halogens is 3. The highest BCUT2D eigenvalue weighted by molar-refractivity contribution is 5.25. The Morgan fingerprint density at radius 2 is 2.30 bits per heavy atom. The summed E-state index contributed by atoms with van der Waals surface area (Å²) in [7, 11) is 0. The van der Waals surface area contributed by atoms with Crippen LogP contribution in [-0.4, -0.2) is 36.0 Å². The Morgan fingerprint density at radius 1 is 1.55 bits per heavy atom. The molecule has 5 nitrogen and oxygen atoms in total. The summed E-state index contributed by atoms with van der Waals surface area (Å²) in [5.41, 5.74) is -3.25. The van der Waals surface area contributed by atoms with Gasteiger partial charge in [-0.3, -0.25) is 10.1 Å². The average molecular weight is 293 g/mol. The van der Waals surface area contributed by atoms with Crippen molar-refractivity contribution in [1.82, 2.24) is 0 Å². The maximum absolute atomic E-state index is 13.2. The molecule has 0 spiro atoms. The first-order chi connectivity index (χ1) is 9.34. The van der Waals surface area contributed by atoms with Gasteiger partial charge in [-0.15, -0.1) is 0 Å². The van der Waals surface area contributed by atoms with Crippen LogP contribution in [0.15, 0.2) is 23.9 Å². The van der Waals surface area contributed by atoms with E-state index in [1.54, 1.807) is 0 Å². The van der Waals surface area contributed by atoms with Crippen molar-refractivity contribution >= 4 is 0 Å². The van der Waals surface area contributed by atoms with Gasteiger partial charge in [0.05, 0.1) is 17.6 Å². The van der Waals surface area contributed by atoms with Crippen LogP contribution in [-0.2, 0) is 9.47 Å². The van der Waals surface area contributed by atoms with E-state index in [-0.39, 0.29) is 12.7 Å². The molecule has 112 valence electrons. The van der Waals surface area contributed by atoms with Gasteiger partial charge in [0.15, 0.2) is 5.60 Å². The Hall–Kier alpha value is -1.41. The first-order valence-electron chi connectivity index (χ1n) is 6.20. The highest BCUT2D eigenvalue weighted by atomic mass is 19.4. The van der Waals surface area contributed by atoms with Crippen LogP contribution in [0, 0.1) is 10.1 Å². The van der Waals surface area contributed by atoms with E-state index in [2.05, 4.69) is 0 Å². The van der Waals surface area contributed by atoms with Gasteiger partial charge in [0, 0.05) is 25.2 Å². The van der Waals surface area contributed by atoms with Gasteiger partial charge in [-0.05, 0) is 12.8 Å². The summed E-state index contributed by atoms with van der Waals surface area (Å²) in [6.45, 7) is 0.276. The summed E-state index contributed by atoms with van der Waals surface area (Å²) in [6.07, 6.45) is -1.45. The molecule has 0 aromatic carbocycles. The van der Waals surface area contributed by atoms with E-state index in [4.69, 9.17) is 9.47 Å². The first kappa shape index (κ1) is 15.0. The number of hydrogen-bond acceptors (Lipinski definition) is 4. The second-order valence-electron chi connectivity index (χ2n) is 4.77. The van der Waals surface area contributed by atoms with Gasteiger partial charge in [0.1, 0.15) is 0 Å². The van der Waals surface area contributed by atoms with Crippen molar-refractivity contribution in [1.29, 1.82) is 0 Å². The zero-order valence-electron chi connectivity index (χ0n) is 10.6. The van der Waals surface area contributed by atoms with E-state index in [1.165, 1.54) is 0 Å². The lowest BCUT2D eigenvalue weighted by Gasteiger charge is -2.33. The van der Waals surface area contributed by atoms with E-state index < -0.39 is 28.8 Å². The summed E-state index contributed by atoms with van der Waals surface area (Å²) in [6, 6.07) is 0. The fourth-order valence-corrected chi connectivity index (χ4v) is 2.21. The Balaban J connectivity index is 2.18. The third-order valence-electron chi connectivity index (χ3n) is 3.33. The van der Waals surface area contributed by atoms with E-state index in [0.717, 1.165) is 18.6 Å². The summed E-state index contributed by atoms with van der Waals surface area (Å²) in [5, 5.41) is 10.7. The molecule has 2 unspecified atom stereocenters. The topological polar surface area (TPSA) is 61.6 Å². The lowest BCUT2D eigenvalue weighted by atomic mass is 9.92. The van der Waals surface area contributed by atoms with Gasteiger partial charge in [-0.2, -0.15) is 13.2 Å². The summed E-state index contributed by atoms with van der Waals surface area (Å²) >= 11 is 0. The molecule has 0 N–H and O–H groups in total. The van der Waals surface area contributed by atoms with E-state index in [1.807, 2.05) is 0 Å². The molecular formula is C12H14F3NO4. The molecule has 1 aliphatic heterocycles. The second kappa shape index (κ2) is 5.53. The monoisotopic (exact) mass is 293 g/mol. The fraction of sp³-hybridized carbons (Fsp3) is 0.667. The zero-order valence-corrected chi connectivity index (χ0v) is 10.6. The molecule has 1 fully saturated rings. The van der Waals surface area contributed by atoms with Gasteiger partial charge in [0.2, 0.25) is 0 Å². The van der Waals surface area contributed by atoms with Crippen LogP contribution in [0.3, 0.4) is 0 Å². The Morgan fingerprint density at radius 3 is 2.85 bits per heavy atom. The fourth-order valence-electron chi connectivity index (χ4n) is 2.21. The first-order valence-corrected chi connectivity index (χ1v) is 6.20. The number of allylic oxidation sites excluding steroid dienone is 1. The van der Waals surface area contributed by atoms with Gasteiger partial charge in [-0.1, -0.05) is 6.08 Å². The summed E-state index contributed by atoms with van der Waals surface area (Å²) in [5.74, 6) is 0. The third kappa shape index (κ3) is 3.01. The van der Waals surface area contributed by atoms with Crippen molar-refractivity contribution in [3.8, 4) is 0 Å². The minimum Gasteiger partial charge on any atom is -0.376 e. The van der Waals surface area contributed by atoms with Gasteiger partial charge in [-0.25, -0.2) is 0 Å². The van der Waals surface area contributed by atoms with Crippen LogP contribution < -0.4 is 0 Å². The van der Waals surface area contributed by atoms with Crippen LogP contribution in [0.5, 0.6) is 0 Å². The van der Waals surface area contributed by atoms with Crippen LogP contribution in [0.1, 0.15) is 19.3 Å². The quantitative estimate of drug-likeness (QED) is 0.590. The molecule has 0 amide bonds. The van der Waals surface area contributed by atoms with Crippen LogP contribution >= 0.6 is 0 Å².